The van der Waals surface area contributed by atoms with Gasteiger partial charge >= 0.3 is 6.18 Å². The highest BCUT2D eigenvalue weighted by atomic mass is 19.4. The summed E-state index contributed by atoms with van der Waals surface area (Å²) in [4.78, 5) is 9.71. The van der Waals surface area contributed by atoms with E-state index in [0.717, 1.165) is 25.0 Å². The number of non-ortho nitro benzene ring substituents is 1. The van der Waals surface area contributed by atoms with Crippen LogP contribution in [0.5, 0.6) is 0 Å². The van der Waals surface area contributed by atoms with Crippen LogP contribution in [0, 0.1) is 16.0 Å². The zero-order chi connectivity index (χ0) is 15.3. The predicted molar refractivity (Wildman–Crippen MR) is 70.7 cm³/mol. The second-order valence-electron chi connectivity index (χ2n) is 4.95. The van der Waals surface area contributed by atoms with Gasteiger partial charge in [-0.15, -0.1) is 0 Å². The Bertz CT molecular complexity index is 473. The van der Waals surface area contributed by atoms with E-state index < -0.39 is 22.4 Å². The van der Waals surface area contributed by atoms with Gasteiger partial charge in [-0.25, -0.2) is 0 Å². The largest absolute Gasteiger partial charge is 0.418 e. The molecule has 1 aromatic rings. The number of hydrogen-bond acceptors (Lipinski definition) is 3. The van der Waals surface area contributed by atoms with Gasteiger partial charge in [0.2, 0.25) is 0 Å². The first kappa shape index (κ1) is 16.3. The zero-order valence-electron chi connectivity index (χ0n) is 11.3. The molecule has 0 amide bonds. The molecule has 0 aliphatic heterocycles. The Morgan fingerprint density at radius 2 is 2.00 bits per heavy atom. The topological polar surface area (TPSA) is 55.2 Å². The van der Waals surface area contributed by atoms with E-state index in [1.807, 2.05) is 13.8 Å². The standard InChI is InChI=1S/C13H17F3N2O2/c1-9(2)4-3-7-17-12-6-5-10(18(19)20)8-11(12)13(14,15)16/h5-6,8-9,17H,3-4,7H2,1-2H3. The van der Waals surface area contributed by atoms with Crippen molar-refractivity contribution in [3.05, 3.63) is 33.9 Å². The van der Waals surface area contributed by atoms with Crippen LogP contribution in [0.1, 0.15) is 32.3 Å². The summed E-state index contributed by atoms with van der Waals surface area (Å²) in [5.41, 5.74) is -1.69. The number of nitro groups is 1. The van der Waals surface area contributed by atoms with E-state index in [1.165, 1.54) is 0 Å². The Labute approximate surface area is 115 Å². The summed E-state index contributed by atoms with van der Waals surface area (Å²) in [6.07, 6.45) is -2.97. The molecule has 7 heteroatoms. The van der Waals surface area contributed by atoms with Gasteiger partial charge in [-0.2, -0.15) is 13.2 Å². The molecule has 0 aromatic heterocycles. The molecule has 0 radical (unpaired) electrons. The summed E-state index contributed by atoms with van der Waals surface area (Å²) in [5.74, 6) is 0.482. The third kappa shape index (κ3) is 4.71. The van der Waals surface area contributed by atoms with E-state index in [9.17, 15) is 23.3 Å². The van der Waals surface area contributed by atoms with Crippen molar-refractivity contribution >= 4 is 11.4 Å². The molecule has 0 unspecified atom stereocenters. The fourth-order valence-corrected chi connectivity index (χ4v) is 1.77. The summed E-state index contributed by atoms with van der Waals surface area (Å²) in [6, 6.07) is 2.74. The Morgan fingerprint density at radius 1 is 1.35 bits per heavy atom. The van der Waals surface area contributed by atoms with Gasteiger partial charge < -0.3 is 5.32 Å². The van der Waals surface area contributed by atoms with E-state index in [4.69, 9.17) is 0 Å². The van der Waals surface area contributed by atoms with Crippen LogP contribution < -0.4 is 5.32 Å². The highest BCUT2D eigenvalue weighted by Gasteiger charge is 2.35. The molecular formula is C13H17F3N2O2. The lowest BCUT2D eigenvalue weighted by atomic mass is 10.1. The van der Waals surface area contributed by atoms with Crippen LogP contribution in [-0.4, -0.2) is 11.5 Å². The number of rotatable bonds is 6. The van der Waals surface area contributed by atoms with Gasteiger partial charge in [-0.05, 0) is 24.8 Å². The molecule has 4 nitrogen and oxygen atoms in total. The van der Waals surface area contributed by atoms with Crippen molar-refractivity contribution < 1.29 is 18.1 Å². The Hall–Kier alpha value is -1.79. The summed E-state index contributed by atoms with van der Waals surface area (Å²) < 4.78 is 38.6. The van der Waals surface area contributed by atoms with Crippen molar-refractivity contribution in [2.45, 2.75) is 32.9 Å². The number of nitro benzene ring substituents is 1. The Balaban J connectivity index is 2.87. The number of alkyl halides is 3. The second kappa shape index (κ2) is 6.58. The first-order chi connectivity index (χ1) is 9.21. The lowest BCUT2D eigenvalue weighted by Crippen LogP contribution is -2.12. The first-order valence-corrected chi connectivity index (χ1v) is 6.31. The van der Waals surface area contributed by atoms with Crippen LogP contribution in [0.4, 0.5) is 24.5 Å². The molecule has 0 saturated heterocycles. The van der Waals surface area contributed by atoms with E-state index in [1.54, 1.807) is 0 Å². The lowest BCUT2D eigenvalue weighted by Gasteiger charge is -2.14. The smallest absolute Gasteiger partial charge is 0.385 e. The first-order valence-electron chi connectivity index (χ1n) is 6.31. The van der Waals surface area contributed by atoms with Crippen LogP contribution >= 0.6 is 0 Å². The van der Waals surface area contributed by atoms with Gasteiger partial charge in [-0.3, -0.25) is 10.1 Å². The number of nitrogens with one attached hydrogen (secondary N) is 1. The molecule has 1 rings (SSSR count). The third-order valence-electron chi connectivity index (χ3n) is 2.79. The quantitative estimate of drug-likeness (QED) is 0.478. The van der Waals surface area contributed by atoms with Crippen molar-refractivity contribution in [3.63, 3.8) is 0 Å². The van der Waals surface area contributed by atoms with Crippen molar-refractivity contribution in [1.82, 2.24) is 0 Å². The van der Waals surface area contributed by atoms with Gasteiger partial charge in [-0.1, -0.05) is 13.8 Å². The van der Waals surface area contributed by atoms with E-state index in [-0.39, 0.29) is 5.69 Å². The van der Waals surface area contributed by atoms with E-state index in [0.29, 0.717) is 18.5 Å². The highest BCUT2D eigenvalue weighted by molar-refractivity contribution is 5.57. The SMILES string of the molecule is CC(C)CCCNc1ccc([N+](=O)[O-])cc1C(F)(F)F. The molecule has 1 N–H and O–H groups in total. The van der Waals surface area contributed by atoms with E-state index in [2.05, 4.69) is 5.32 Å². The van der Waals surface area contributed by atoms with Gasteiger partial charge in [0.05, 0.1) is 10.5 Å². The fourth-order valence-electron chi connectivity index (χ4n) is 1.77. The summed E-state index contributed by atoms with van der Waals surface area (Å²) in [6.45, 7) is 4.47. The Morgan fingerprint density at radius 3 is 2.50 bits per heavy atom. The van der Waals surface area contributed by atoms with Crippen molar-refractivity contribution in [3.8, 4) is 0 Å². The number of anilines is 1. The van der Waals surface area contributed by atoms with E-state index >= 15 is 0 Å². The lowest BCUT2D eigenvalue weighted by molar-refractivity contribution is -0.385. The summed E-state index contributed by atoms with van der Waals surface area (Å²) in [5, 5.41) is 13.2. The van der Waals surface area contributed by atoms with Crippen molar-refractivity contribution in [1.29, 1.82) is 0 Å². The van der Waals surface area contributed by atoms with Crippen LogP contribution in [0.2, 0.25) is 0 Å². The summed E-state index contributed by atoms with van der Waals surface area (Å²) >= 11 is 0. The van der Waals surface area contributed by atoms with Gasteiger partial charge in [0.25, 0.3) is 5.69 Å². The monoisotopic (exact) mass is 290 g/mol. The van der Waals surface area contributed by atoms with Gasteiger partial charge in [0.15, 0.2) is 0 Å². The molecule has 0 bridgehead atoms. The van der Waals surface area contributed by atoms with Crippen LogP contribution in [0.15, 0.2) is 18.2 Å². The van der Waals surface area contributed by atoms with Gasteiger partial charge in [0, 0.05) is 24.4 Å². The predicted octanol–water partition coefficient (Wildman–Crippen LogP) is 4.46. The third-order valence-corrected chi connectivity index (χ3v) is 2.79. The van der Waals surface area contributed by atoms with Gasteiger partial charge in [0.1, 0.15) is 0 Å². The van der Waals surface area contributed by atoms with Crippen LogP contribution in [0.3, 0.4) is 0 Å². The minimum absolute atomic E-state index is 0.119. The maximum absolute atomic E-state index is 12.9. The maximum Gasteiger partial charge on any atom is 0.418 e. The molecule has 1 aromatic carbocycles. The van der Waals surface area contributed by atoms with Crippen LogP contribution in [-0.2, 0) is 6.18 Å². The molecule has 0 spiro atoms. The average Bonchev–Trinajstić information content (AvgIpc) is 2.33. The zero-order valence-corrected chi connectivity index (χ0v) is 11.3. The number of benzene rings is 1. The molecule has 0 heterocycles. The highest BCUT2D eigenvalue weighted by Crippen LogP contribution is 2.37. The fraction of sp³-hybridized carbons (Fsp3) is 0.538. The number of halogens is 3. The molecule has 0 aliphatic carbocycles. The Kier molecular flexibility index (Phi) is 5.35. The molecule has 0 fully saturated rings. The molecule has 0 atom stereocenters. The molecule has 112 valence electrons. The molecule has 20 heavy (non-hydrogen) atoms. The van der Waals surface area contributed by atoms with Crippen molar-refractivity contribution in [2.24, 2.45) is 5.92 Å². The van der Waals surface area contributed by atoms with Crippen LogP contribution in [0.25, 0.3) is 0 Å². The maximum atomic E-state index is 12.9. The second-order valence-corrected chi connectivity index (χ2v) is 4.95. The summed E-state index contributed by atoms with van der Waals surface area (Å²) in [7, 11) is 0. The molecule has 0 aliphatic rings. The van der Waals surface area contributed by atoms with Crippen molar-refractivity contribution in [2.75, 3.05) is 11.9 Å². The number of nitrogens with zero attached hydrogens (tertiary/aromatic N) is 1. The average molecular weight is 290 g/mol. The number of hydrogen-bond donors (Lipinski definition) is 1. The minimum Gasteiger partial charge on any atom is -0.385 e. The molecular weight excluding hydrogens is 273 g/mol. The molecule has 0 saturated carbocycles. The minimum atomic E-state index is -4.62. The normalized spacial score (nSPS) is 11.7.